The molecule has 31 heavy (non-hydrogen) atoms. The first-order chi connectivity index (χ1) is 14.9. The number of aliphatic hydroxyl groups is 1. The van der Waals surface area contributed by atoms with Gasteiger partial charge in [0.05, 0.1) is 30.6 Å². The highest BCUT2D eigenvalue weighted by Crippen LogP contribution is 2.59. The summed E-state index contributed by atoms with van der Waals surface area (Å²) in [5.41, 5.74) is -1.08. The predicted octanol–water partition coefficient (Wildman–Crippen LogP) is 1.29. The monoisotopic (exact) mass is 434 g/mol. The smallest absolute Gasteiger partial charge is 0.312 e. The van der Waals surface area contributed by atoms with Crippen LogP contribution < -0.4 is 0 Å². The van der Waals surface area contributed by atoms with Crippen LogP contribution in [0.3, 0.4) is 0 Å². The molecule has 3 aliphatic heterocycles. The van der Waals surface area contributed by atoms with Crippen molar-refractivity contribution in [3.8, 4) is 0 Å². The van der Waals surface area contributed by atoms with Crippen molar-refractivity contribution < 1.29 is 29.0 Å². The number of aliphatic hydroxyl groups excluding tert-OH is 1. The molecule has 3 rings (SSSR count). The summed E-state index contributed by atoms with van der Waals surface area (Å²) in [6, 6.07) is -1.46. The zero-order valence-corrected chi connectivity index (χ0v) is 18.5. The highest BCUT2D eigenvalue weighted by Gasteiger charge is 2.75. The molecule has 0 saturated carbocycles. The van der Waals surface area contributed by atoms with Gasteiger partial charge >= 0.3 is 5.97 Å². The molecule has 3 heterocycles. The topological polar surface area (TPSA) is 96.4 Å². The Morgan fingerprint density at radius 1 is 1.42 bits per heavy atom. The summed E-state index contributed by atoms with van der Waals surface area (Å²) in [5.74, 6) is -2.58. The van der Waals surface area contributed by atoms with Crippen LogP contribution in [0.25, 0.3) is 0 Å². The van der Waals surface area contributed by atoms with E-state index in [1.54, 1.807) is 17.9 Å². The normalized spacial score (nSPS) is 32.0. The Balaban J connectivity index is 2.00. The molecule has 3 fully saturated rings. The van der Waals surface area contributed by atoms with Gasteiger partial charge in [0.2, 0.25) is 11.8 Å². The Morgan fingerprint density at radius 2 is 2.16 bits per heavy atom. The molecule has 3 aliphatic rings. The lowest BCUT2D eigenvalue weighted by Crippen LogP contribution is -2.58. The van der Waals surface area contributed by atoms with Crippen LogP contribution in [0, 0.1) is 11.8 Å². The minimum atomic E-state index is -1.08. The van der Waals surface area contributed by atoms with E-state index in [9.17, 15) is 19.5 Å². The minimum Gasteiger partial charge on any atom is -0.461 e. The molecule has 0 aliphatic carbocycles. The van der Waals surface area contributed by atoms with Gasteiger partial charge in [-0.2, -0.15) is 0 Å². The molecule has 172 valence electrons. The first-order valence-corrected chi connectivity index (χ1v) is 11.2. The summed E-state index contributed by atoms with van der Waals surface area (Å²) in [6.07, 6.45) is 5.54. The first-order valence-electron chi connectivity index (χ1n) is 11.2. The highest BCUT2D eigenvalue weighted by molar-refractivity contribution is 5.98. The molecule has 8 nitrogen and oxygen atoms in total. The maximum Gasteiger partial charge on any atom is 0.312 e. The molecule has 0 aromatic rings. The third-order valence-corrected chi connectivity index (χ3v) is 6.77. The Bertz CT molecular complexity index is 740. The molecule has 2 unspecified atom stereocenters. The van der Waals surface area contributed by atoms with Gasteiger partial charge in [-0.15, -0.1) is 6.58 Å². The summed E-state index contributed by atoms with van der Waals surface area (Å²) in [7, 11) is 0. The van der Waals surface area contributed by atoms with Crippen LogP contribution in [-0.4, -0.2) is 82.8 Å². The number of ether oxygens (including phenoxy) is 2. The van der Waals surface area contributed by atoms with Crippen LogP contribution in [0.5, 0.6) is 0 Å². The Morgan fingerprint density at radius 3 is 2.77 bits per heavy atom. The average molecular weight is 435 g/mol. The highest BCUT2D eigenvalue weighted by atomic mass is 16.6. The number of amides is 2. The van der Waals surface area contributed by atoms with Gasteiger partial charge < -0.3 is 24.4 Å². The van der Waals surface area contributed by atoms with Crippen molar-refractivity contribution in [2.45, 2.75) is 63.3 Å². The van der Waals surface area contributed by atoms with Gasteiger partial charge in [0.15, 0.2) is 0 Å². The summed E-state index contributed by atoms with van der Waals surface area (Å²) < 4.78 is 11.6. The quantitative estimate of drug-likeness (QED) is 0.389. The molecule has 3 saturated heterocycles. The van der Waals surface area contributed by atoms with E-state index in [2.05, 4.69) is 13.2 Å². The standard InChI is InChI=1S/C23H34N2O6/c1-5-8-12-24(11-6-2)21(28)19-23-10-9-16(31-23)17(22(29)30-13-7-3)18(23)20(27)25(19)15(4)14-26/h6-7,15-19,26H,2-3,5,8-14H2,1,4H3/t15-,16-,17+,18+,19?,23?/m1/s1. The molecule has 2 amide bonds. The van der Waals surface area contributed by atoms with Crippen molar-refractivity contribution in [2.75, 3.05) is 26.3 Å². The van der Waals surface area contributed by atoms with Crippen molar-refractivity contribution in [1.82, 2.24) is 9.80 Å². The number of hydrogen-bond donors (Lipinski definition) is 1. The van der Waals surface area contributed by atoms with Crippen molar-refractivity contribution in [1.29, 1.82) is 0 Å². The van der Waals surface area contributed by atoms with Crippen LogP contribution >= 0.6 is 0 Å². The van der Waals surface area contributed by atoms with Gasteiger partial charge in [0.1, 0.15) is 18.2 Å². The molecule has 1 spiro atoms. The molecule has 0 aromatic carbocycles. The fourth-order valence-electron chi connectivity index (χ4n) is 5.41. The van der Waals surface area contributed by atoms with E-state index in [-0.39, 0.29) is 25.0 Å². The van der Waals surface area contributed by atoms with Crippen molar-refractivity contribution >= 4 is 17.8 Å². The maximum atomic E-state index is 13.8. The lowest BCUT2D eigenvalue weighted by molar-refractivity contribution is -0.155. The second kappa shape index (κ2) is 9.53. The van der Waals surface area contributed by atoms with Crippen molar-refractivity contribution in [2.24, 2.45) is 11.8 Å². The maximum absolute atomic E-state index is 13.8. The van der Waals surface area contributed by atoms with Crippen molar-refractivity contribution in [3.63, 3.8) is 0 Å². The van der Waals surface area contributed by atoms with Crippen LogP contribution in [0.1, 0.15) is 39.5 Å². The molecular weight excluding hydrogens is 400 g/mol. The van der Waals surface area contributed by atoms with E-state index in [4.69, 9.17) is 9.47 Å². The van der Waals surface area contributed by atoms with Crippen LogP contribution in [-0.2, 0) is 23.9 Å². The second-order valence-electron chi connectivity index (χ2n) is 8.68. The number of likely N-dealkylation sites (tertiary alicyclic amines) is 1. The van der Waals surface area contributed by atoms with E-state index in [1.807, 2.05) is 6.92 Å². The molecule has 0 radical (unpaired) electrons. The number of carbonyl (C=O) groups excluding carboxylic acids is 3. The van der Waals surface area contributed by atoms with E-state index in [0.29, 0.717) is 25.9 Å². The third-order valence-electron chi connectivity index (χ3n) is 6.77. The lowest BCUT2D eigenvalue weighted by atomic mass is 9.70. The Labute approximate surface area is 183 Å². The fraction of sp³-hybridized carbons (Fsp3) is 0.696. The van der Waals surface area contributed by atoms with E-state index >= 15 is 0 Å². The van der Waals surface area contributed by atoms with Gasteiger partial charge in [-0.3, -0.25) is 14.4 Å². The van der Waals surface area contributed by atoms with Crippen molar-refractivity contribution in [3.05, 3.63) is 25.3 Å². The summed E-state index contributed by atoms with van der Waals surface area (Å²) in [5, 5.41) is 9.84. The van der Waals surface area contributed by atoms with Gasteiger partial charge in [-0.1, -0.05) is 32.1 Å². The number of fused-ring (bicyclic) bond motifs is 1. The molecular formula is C23H34N2O6. The van der Waals surface area contributed by atoms with Crippen LogP contribution in [0.4, 0.5) is 0 Å². The van der Waals surface area contributed by atoms with E-state index in [1.165, 1.54) is 11.0 Å². The second-order valence-corrected chi connectivity index (χ2v) is 8.68. The average Bonchev–Trinajstić information content (AvgIpc) is 3.41. The molecule has 8 heteroatoms. The molecule has 1 N–H and O–H groups in total. The largest absolute Gasteiger partial charge is 0.461 e. The number of esters is 1. The van der Waals surface area contributed by atoms with E-state index in [0.717, 1.165) is 12.8 Å². The number of unbranched alkanes of at least 4 members (excludes halogenated alkanes) is 1. The third kappa shape index (κ3) is 3.80. The number of nitrogens with zero attached hydrogens (tertiary/aromatic N) is 2. The van der Waals surface area contributed by atoms with Gasteiger partial charge in [0.25, 0.3) is 0 Å². The molecule has 0 aromatic heterocycles. The van der Waals surface area contributed by atoms with Crippen LogP contribution in [0.2, 0.25) is 0 Å². The zero-order chi connectivity index (χ0) is 22.8. The summed E-state index contributed by atoms with van der Waals surface area (Å²) in [6.45, 7) is 11.7. The first kappa shape index (κ1) is 23.5. The lowest BCUT2D eigenvalue weighted by Gasteiger charge is -2.38. The zero-order valence-electron chi connectivity index (χ0n) is 18.5. The molecule has 6 atom stereocenters. The Hall–Kier alpha value is -2.19. The predicted molar refractivity (Wildman–Crippen MR) is 114 cm³/mol. The summed E-state index contributed by atoms with van der Waals surface area (Å²) in [4.78, 5) is 43.3. The molecule has 2 bridgehead atoms. The fourth-order valence-corrected chi connectivity index (χ4v) is 5.41. The SMILES string of the molecule is C=CCOC(=O)[C@@H]1[C@H]2C(=O)N([C@H](C)CO)C(C(=O)N(CC=C)CCCC)C23CC[C@H]1O3. The minimum absolute atomic E-state index is 0.0548. The van der Waals surface area contributed by atoms with E-state index < -0.39 is 41.6 Å². The Kier molecular flexibility index (Phi) is 7.21. The number of carbonyl (C=O) groups is 3. The van der Waals surface area contributed by atoms with Gasteiger partial charge in [-0.05, 0) is 26.2 Å². The van der Waals surface area contributed by atoms with Gasteiger partial charge in [0, 0.05) is 13.1 Å². The number of rotatable bonds is 11. The van der Waals surface area contributed by atoms with Crippen LogP contribution in [0.15, 0.2) is 25.3 Å². The number of hydrogen-bond acceptors (Lipinski definition) is 6. The summed E-state index contributed by atoms with van der Waals surface area (Å²) >= 11 is 0. The van der Waals surface area contributed by atoms with Gasteiger partial charge in [-0.25, -0.2) is 0 Å².